The number of anilines is 1. The van der Waals surface area contributed by atoms with Gasteiger partial charge in [0.25, 0.3) is 5.91 Å². The van der Waals surface area contributed by atoms with Crippen LogP contribution in [-0.2, 0) is 9.53 Å². The van der Waals surface area contributed by atoms with E-state index in [-0.39, 0.29) is 36.3 Å². The first-order valence-corrected chi connectivity index (χ1v) is 12.1. The first-order chi connectivity index (χ1) is 16.6. The number of fused-ring (bicyclic) bond motifs is 3. The Morgan fingerprint density at radius 3 is 2.23 bits per heavy atom. The molecule has 0 spiro atoms. The van der Waals surface area contributed by atoms with Crippen LogP contribution in [0, 0.1) is 0 Å². The zero-order chi connectivity index (χ0) is 25.2. The Bertz CT molecular complexity index is 1220. The Balaban J connectivity index is 1.40. The molecule has 0 saturated carbocycles. The second kappa shape index (κ2) is 9.87. The van der Waals surface area contributed by atoms with Crippen LogP contribution in [0.15, 0.2) is 53.9 Å². The molecular formula is C26H27N3O5S. The molecule has 1 aliphatic rings. The lowest BCUT2D eigenvalue weighted by atomic mass is 9.98. The Kier molecular flexibility index (Phi) is 6.88. The van der Waals surface area contributed by atoms with Gasteiger partial charge in [-0.25, -0.2) is 9.78 Å². The zero-order valence-corrected chi connectivity index (χ0v) is 20.6. The molecule has 2 aromatic carbocycles. The van der Waals surface area contributed by atoms with Crippen molar-refractivity contribution in [2.75, 3.05) is 18.5 Å². The van der Waals surface area contributed by atoms with Gasteiger partial charge >= 0.3 is 12.1 Å². The average molecular weight is 494 g/mol. The highest BCUT2D eigenvalue weighted by Gasteiger charge is 2.30. The van der Waals surface area contributed by atoms with Crippen LogP contribution < -0.4 is 5.32 Å². The summed E-state index contributed by atoms with van der Waals surface area (Å²) in [5.74, 6) is -1.44. The van der Waals surface area contributed by atoms with Gasteiger partial charge in [0.1, 0.15) is 12.3 Å². The molecule has 4 rings (SSSR count). The average Bonchev–Trinajstić information content (AvgIpc) is 3.39. The molecule has 0 aliphatic heterocycles. The number of aliphatic carboxylic acids is 1. The van der Waals surface area contributed by atoms with Crippen molar-refractivity contribution >= 4 is 34.4 Å². The minimum atomic E-state index is -0.983. The SMILES string of the molecule is CC(C)(C)N(CCC(=O)O)C(=O)c1csc(NC(=O)OCC2c3ccccc3-c3ccccc32)n1. The molecule has 2 N–H and O–H groups in total. The van der Waals surface area contributed by atoms with E-state index in [0.717, 1.165) is 33.6 Å². The summed E-state index contributed by atoms with van der Waals surface area (Å²) in [4.78, 5) is 42.2. The van der Waals surface area contributed by atoms with Crippen molar-refractivity contribution in [1.82, 2.24) is 9.88 Å². The molecule has 0 unspecified atom stereocenters. The van der Waals surface area contributed by atoms with Crippen LogP contribution in [0.25, 0.3) is 11.1 Å². The van der Waals surface area contributed by atoms with Gasteiger partial charge in [-0.3, -0.25) is 14.9 Å². The van der Waals surface area contributed by atoms with E-state index in [2.05, 4.69) is 22.4 Å². The number of thiazole rings is 1. The first-order valence-electron chi connectivity index (χ1n) is 11.3. The lowest BCUT2D eigenvalue weighted by Crippen LogP contribution is -2.46. The highest BCUT2D eigenvalue weighted by molar-refractivity contribution is 7.14. The van der Waals surface area contributed by atoms with Crippen LogP contribution in [-0.4, -0.2) is 51.7 Å². The number of hydrogen-bond donors (Lipinski definition) is 2. The number of nitrogens with one attached hydrogen (secondary N) is 1. The van der Waals surface area contributed by atoms with Crippen molar-refractivity contribution < 1.29 is 24.2 Å². The van der Waals surface area contributed by atoms with Gasteiger partial charge in [0.05, 0.1) is 6.42 Å². The Labute approximate surface area is 207 Å². The maximum atomic E-state index is 13.0. The number of benzene rings is 2. The fourth-order valence-corrected chi connectivity index (χ4v) is 4.91. The summed E-state index contributed by atoms with van der Waals surface area (Å²) in [5.41, 5.74) is 4.08. The van der Waals surface area contributed by atoms with Crippen molar-refractivity contribution in [2.24, 2.45) is 0 Å². The first kappa shape index (κ1) is 24.4. The van der Waals surface area contributed by atoms with Crippen molar-refractivity contribution in [3.8, 4) is 11.1 Å². The number of nitrogens with zero attached hydrogens (tertiary/aromatic N) is 2. The zero-order valence-electron chi connectivity index (χ0n) is 19.8. The lowest BCUT2D eigenvalue weighted by Gasteiger charge is -2.34. The fraction of sp³-hybridized carbons (Fsp3) is 0.308. The molecule has 0 bridgehead atoms. The summed E-state index contributed by atoms with van der Waals surface area (Å²) in [6, 6.07) is 16.2. The van der Waals surface area contributed by atoms with Gasteiger partial charge in [0.2, 0.25) is 0 Å². The number of carboxylic acid groups (broad SMARTS) is 1. The molecule has 0 fully saturated rings. The Morgan fingerprint density at radius 1 is 1.06 bits per heavy atom. The number of aromatic nitrogens is 1. The van der Waals surface area contributed by atoms with Crippen LogP contribution in [0.2, 0.25) is 0 Å². The number of carbonyl (C=O) groups is 3. The molecule has 9 heteroatoms. The van der Waals surface area contributed by atoms with E-state index in [9.17, 15) is 14.4 Å². The molecule has 1 heterocycles. The van der Waals surface area contributed by atoms with E-state index in [1.54, 1.807) is 5.38 Å². The largest absolute Gasteiger partial charge is 0.481 e. The van der Waals surface area contributed by atoms with Crippen LogP contribution in [0.4, 0.5) is 9.93 Å². The van der Waals surface area contributed by atoms with Crippen LogP contribution in [0.3, 0.4) is 0 Å². The number of hydrogen-bond acceptors (Lipinski definition) is 6. The molecule has 0 radical (unpaired) electrons. The summed E-state index contributed by atoms with van der Waals surface area (Å²) in [5, 5.41) is 13.4. The van der Waals surface area contributed by atoms with E-state index in [1.165, 1.54) is 4.90 Å². The standard InChI is InChI=1S/C26H27N3O5S/c1-26(2,3)29(13-12-22(30)31)23(32)21-15-35-24(27-21)28-25(33)34-14-20-18-10-6-4-8-16(18)17-9-5-7-11-19(17)20/h4-11,15,20H,12-14H2,1-3H3,(H,30,31)(H,27,28,33). The number of carbonyl (C=O) groups excluding carboxylic acids is 2. The summed E-state index contributed by atoms with van der Waals surface area (Å²) < 4.78 is 5.54. The van der Waals surface area contributed by atoms with E-state index in [1.807, 2.05) is 57.2 Å². The van der Waals surface area contributed by atoms with Crippen LogP contribution >= 0.6 is 11.3 Å². The van der Waals surface area contributed by atoms with Gasteiger partial charge in [0, 0.05) is 23.4 Å². The van der Waals surface area contributed by atoms with E-state index in [4.69, 9.17) is 9.84 Å². The third-order valence-corrected chi connectivity index (χ3v) is 6.64. The monoisotopic (exact) mass is 493 g/mol. The molecule has 3 aromatic rings. The van der Waals surface area contributed by atoms with Gasteiger partial charge in [-0.2, -0.15) is 0 Å². The smallest absolute Gasteiger partial charge is 0.413 e. The van der Waals surface area contributed by atoms with Crippen molar-refractivity contribution in [1.29, 1.82) is 0 Å². The molecule has 8 nitrogen and oxygen atoms in total. The number of carboxylic acids is 1. The van der Waals surface area contributed by atoms with Gasteiger partial charge in [-0.15, -0.1) is 11.3 Å². The van der Waals surface area contributed by atoms with Gasteiger partial charge < -0.3 is 14.7 Å². The maximum absolute atomic E-state index is 13.0. The molecule has 182 valence electrons. The van der Waals surface area contributed by atoms with Gasteiger partial charge in [-0.05, 0) is 43.0 Å². The molecular weight excluding hydrogens is 466 g/mol. The third-order valence-electron chi connectivity index (χ3n) is 5.88. The predicted octanol–water partition coefficient (Wildman–Crippen LogP) is 5.22. The van der Waals surface area contributed by atoms with Gasteiger partial charge in [0.15, 0.2) is 5.13 Å². The summed E-state index contributed by atoms with van der Waals surface area (Å²) in [6.07, 6.45) is -0.823. The maximum Gasteiger partial charge on any atom is 0.413 e. The fourth-order valence-electron chi connectivity index (χ4n) is 4.24. The molecule has 35 heavy (non-hydrogen) atoms. The molecule has 1 aromatic heterocycles. The van der Waals surface area contributed by atoms with Gasteiger partial charge in [-0.1, -0.05) is 48.5 Å². The normalized spacial score (nSPS) is 12.5. The van der Waals surface area contributed by atoms with E-state index < -0.39 is 23.5 Å². The van der Waals surface area contributed by atoms with Crippen LogP contribution in [0.5, 0.6) is 0 Å². The minimum absolute atomic E-state index is 0.0591. The predicted molar refractivity (Wildman–Crippen MR) is 134 cm³/mol. The second-order valence-corrected chi connectivity index (χ2v) is 10.1. The number of rotatable bonds is 7. The topological polar surface area (TPSA) is 109 Å². The second-order valence-electron chi connectivity index (χ2n) is 9.26. The Morgan fingerprint density at radius 2 is 1.66 bits per heavy atom. The third kappa shape index (κ3) is 5.35. The highest BCUT2D eigenvalue weighted by atomic mass is 32.1. The summed E-state index contributed by atoms with van der Waals surface area (Å²) in [6.45, 7) is 5.72. The highest BCUT2D eigenvalue weighted by Crippen LogP contribution is 2.44. The minimum Gasteiger partial charge on any atom is -0.481 e. The lowest BCUT2D eigenvalue weighted by molar-refractivity contribution is -0.137. The number of ether oxygens (including phenoxy) is 1. The van der Waals surface area contributed by atoms with Crippen molar-refractivity contribution in [3.05, 3.63) is 70.7 Å². The quantitative estimate of drug-likeness (QED) is 0.467. The van der Waals surface area contributed by atoms with E-state index >= 15 is 0 Å². The van der Waals surface area contributed by atoms with E-state index in [0.29, 0.717) is 0 Å². The van der Waals surface area contributed by atoms with Crippen molar-refractivity contribution in [3.63, 3.8) is 0 Å². The molecule has 2 amide bonds. The molecule has 0 atom stereocenters. The molecule has 0 saturated heterocycles. The Hall–Kier alpha value is -3.72. The number of amides is 2. The summed E-state index contributed by atoms with van der Waals surface area (Å²) in [7, 11) is 0. The summed E-state index contributed by atoms with van der Waals surface area (Å²) >= 11 is 1.11. The van der Waals surface area contributed by atoms with Crippen molar-refractivity contribution in [2.45, 2.75) is 38.6 Å². The van der Waals surface area contributed by atoms with Crippen LogP contribution in [0.1, 0.15) is 54.7 Å². The molecule has 1 aliphatic carbocycles.